The maximum Gasteiger partial charge on any atom is 0.162 e. The third-order valence-corrected chi connectivity index (χ3v) is 7.96. The van der Waals surface area contributed by atoms with Gasteiger partial charge in [-0.15, -0.1) is 17.5 Å². The molecule has 0 spiro atoms. The zero-order valence-electron chi connectivity index (χ0n) is 23.0. The Balaban J connectivity index is 0.000000196. The maximum atomic E-state index is 11.7. The molecule has 39 heavy (non-hydrogen) atoms. The third kappa shape index (κ3) is 5.18. The molecule has 3 aromatic heterocycles. The van der Waals surface area contributed by atoms with E-state index < -0.39 is 0 Å². The average molecular weight is 696 g/mol. The summed E-state index contributed by atoms with van der Waals surface area (Å²) in [6, 6.07) is 21.5. The van der Waals surface area contributed by atoms with Gasteiger partial charge in [0, 0.05) is 44.2 Å². The number of para-hydroxylation sites is 1. The van der Waals surface area contributed by atoms with Crippen LogP contribution in [0.25, 0.3) is 48.9 Å². The summed E-state index contributed by atoms with van der Waals surface area (Å²) < 4.78 is 2.11. The quantitative estimate of drug-likeness (QED) is 0.0597. The number of allylic oxidation sites excluding steroid dienone is 2. The number of fused-ring (bicyclic) bond motifs is 4. The number of aromatic nitrogens is 2. The molecule has 3 heterocycles. The number of carbonyl (C=O) groups excluding carboxylic acids is 1. The van der Waals surface area contributed by atoms with Crippen molar-refractivity contribution in [2.24, 2.45) is 11.8 Å². The van der Waals surface area contributed by atoms with Crippen molar-refractivity contribution in [1.82, 2.24) is 9.38 Å². The standard InChI is InChI=1S/C21H11N2.C13H24O2.Ir/c1-2-6-16-14(4-1)12-15-8-10-22-21-18(15)19(16)17-7-3-5-13-9-11-23(21)20(13)17;1-5-10(6-2)12(14)9-13(15)11(7-3)8-4;/h1-10,12H;9-11,14H,5-8H2,1-4H3;/q-1;;/b;12-9-;. The van der Waals surface area contributed by atoms with Gasteiger partial charge in [0.15, 0.2) is 5.78 Å². The van der Waals surface area contributed by atoms with Gasteiger partial charge in [0.25, 0.3) is 0 Å². The fourth-order valence-corrected chi connectivity index (χ4v) is 5.72. The van der Waals surface area contributed by atoms with Crippen molar-refractivity contribution in [3.63, 3.8) is 0 Å². The van der Waals surface area contributed by atoms with Crippen LogP contribution in [0.15, 0.2) is 78.7 Å². The van der Waals surface area contributed by atoms with Gasteiger partial charge in [-0.25, -0.2) is 0 Å². The minimum atomic E-state index is 0. The summed E-state index contributed by atoms with van der Waals surface area (Å²) in [5, 5.41) is 18.5. The van der Waals surface area contributed by atoms with Gasteiger partial charge in [0.2, 0.25) is 0 Å². The molecule has 3 aromatic carbocycles. The van der Waals surface area contributed by atoms with Crippen molar-refractivity contribution in [3.05, 3.63) is 84.9 Å². The number of benzene rings is 3. The Hall–Kier alpha value is -3.27. The van der Waals surface area contributed by atoms with Crippen molar-refractivity contribution in [2.75, 3.05) is 0 Å². The summed E-state index contributed by atoms with van der Waals surface area (Å²) in [4.78, 5) is 16.4. The van der Waals surface area contributed by atoms with E-state index in [2.05, 4.69) is 70.2 Å². The van der Waals surface area contributed by atoms with Crippen LogP contribution in [-0.2, 0) is 24.9 Å². The Morgan fingerprint density at radius 1 is 0.872 bits per heavy atom. The molecule has 0 saturated carbocycles. The Labute approximate surface area is 243 Å². The predicted octanol–water partition coefficient (Wildman–Crippen LogP) is 9.05. The SMILES string of the molecule is CCC(CC)C(=O)/C=C(\O)C(CC)CC.[Ir].[c-]1cc2cccc3c4c5ccccc5cc5ccnc(c54)n1c23. The van der Waals surface area contributed by atoms with Gasteiger partial charge in [-0.05, 0) is 70.1 Å². The van der Waals surface area contributed by atoms with Crippen LogP contribution >= 0.6 is 0 Å². The van der Waals surface area contributed by atoms with Crippen LogP contribution in [-0.4, -0.2) is 20.3 Å². The summed E-state index contributed by atoms with van der Waals surface area (Å²) in [6.45, 7) is 8.07. The Bertz CT molecular complexity index is 1760. The minimum Gasteiger partial charge on any atom is -0.512 e. The Kier molecular flexibility index (Phi) is 9.04. The van der Waals surface area contributed by atoms with Crippen LogP contribution in [0.2, 0.25) is 0 Å². The Morgan fingerprint density at radius 3 is 2.26 bits per heavy atom. The molecule has 6 rings (SSSR count). The molecular formula is C34H35IrN2O2-. The first kappa shape index (κ1) is 28.7. The molecular weight excluding hydrogens is 661 g/mol. The van der Waals surface area contributed by atoms with Gasteiger partial charge in [-0.1, -0.05) is 75.8 Å². The fourth-order valence-electron chi connectivity index (χ4n) is 5.72. The second kappa shape index (κ2) is 12.3. The predicted molar refractivity (Wildman–Crippen MR) is 159 cm³/mol. The molecule has 5 heteroatoms. The Morgan fingerprint density at radius 2 is 1.54 bits per heavy atom. The van der Waals surface area contributed by atoms with Gasteiger partial charge in [-0.2, -0.15) is 0 Å². The van der Waals surface area contributed by atoms with Crippen molar-refractivity contribution >= 4 is 54.7 Å². The second-order valence-electron chi connectivity index (χ2n) is 10.1. The molecule has 0 saturated heterocycles. The monoisotopic (exact) mass is 696 g/mol. The minimum absolute atomic E-state index is 0. The zero-order chi connectivity index (χ0) is 26.8. The van der Waals surface area contributed by atoms with Crippen molar-refractivity contribution in [2.45, 2.75) is 53.4 Å². The van der Waals surface area contributed by atoms with Crippen LogP contribution < -0.4 is 0 Å². The number of carbonyl (C=O) groups is 1. The topological polar surface area (TPSA) is 54.6 Å². The molecule has 0 atom stereocenters. The molecule has 0 bridgehead atoms. The van der Waals surface area contributed by atoms with Crippen LogP contribution in [0.1, 0.15) is 53.4 Å². The number of rotatable bonds is 7. The number of hydrogen-bond donors (Lipinski definition) is 1. The molecule has 4 nitrogen and oxygen atoms in total. The van der Waals surface area contributed by atoms with Gasteiger partial charge in [0.05, 0.1) is 11.4 Å². The first-order valence-corrected chi connectivity index (χ1v) is 13.8. The van der Waals surface area contributed by atoms with Crippen molar-refractivity contribution in [3.8, 4) is 0 Å². The first-order valence-electron chi connectivity index (χ1n) is 13.8. The van der Waals surface area contributed by atoms with Crippen LogP contribution in [0.3, 0.4) is 0 Å². The van der Waals surface area contributed by atoms with E-state index in [-0.39, 0.29) is 43.5 Å². The second-order valence-corrected chi connectivity index (χ2v) is 10.1. The van der Waals surface area contributed by atoms with Crippen molar-refractivity contribution in [1.29, 1.82) is 0 Å². The largest absolute Gasteiger partial charge is 0.512 e. The number of aliphatic hydroxyl groups is 1. The van der Waals surface area contributed by atoms with E-state index in [1.807, 2.05) is 40.0 Å². The molecule has 0 amide bonds. The molecule has 0 aliphatic rings. The zero-order valence-corrected chi connectivity index (χ0v) is 25.4. The van der Waals surface area contributed by atoms with Crippen molar-refractivity contribution < 1.29 is 30.0 Å². The normalized spacial score (nSPS) is 12.1. The number of hydrogen-bond acceptors (Lipinski definition) is 3. The summed E-state index contributed by atoms with van der Waals surface area (Å²) in [5.41, 5.74) is 2.19. The summed E-state index contributed by atoms with van der Waals surface area (Å²) in [7, 11) is 0. The number of nitrogens with zero attached hydrogens (tertiary/aromatic N) is 2. The molecule has 1 radical (unpaired) electrons. The summed E-state index contributed by atoms with van der Waals surface area (Å²) in [6.07, 6.45) is 10.2. The smallest absolute Gasteiger partial charge is 0.162 e. The fraction of sp³-hybridized carbons (Fsp3) is 0.294. The van der Waals surface area contributed by atoms with E-state index in [1.54, 1.807) is 0 Å². The van der Waals surface area contributed by atoms with E-state index in [1.165, 1.54) is 49.3 Å². The molecule has 6 aromatic rings. The van der Waals surface area contributed by atoms with E-state index in [0.717, 1.165) is 31.3 Å². The van der Waals surface area contributed by atoms with E-state index >= 15 is 0 Å². The molecule has 0 unspecified atom stereocenters. The molecule has 0 aliphatic heterocycles. The van der Waals surface area contributed by atoms with Gasteiger partial charge in [-0.3, -0.25) is 9.78 Å². The maximum absolute atomic E-state index is 11.7. The van der Waals surface area contributed by atoms with E-state index in [9.17, 15) is 9.90 Å². The number of ketones is 1. The third-order valence-electron chi connectivity index (χ3n) is 7.96. The first-order chi connectivity index (χ1) is 18.5. The van der Waals surface area contributed by atoms with Crippen LogP contribution in [0.4, 0.5) is 0 Å². The molecule has 1 N–H and O–H groups in total. The van der Waals surface area contributed by atoms with E-state index in [4.69, 9.17) is 0 Å². The van der Waals surface area contributed by atoms with Gasteiger partial charge >= 0.3 is 0 Å². The molecule has 203 valence electrons. The van der Waals surface area contributed by atoms with Gasteiger partial charge < -0.3 is 9.51 Å². The van der Waals surface area contributed by atoms with E-state index in [0.29, 0.717) is 0 Å². The average Bonchev–Trinajstić information content (AvgIpc) is 3.38. The van der Waals surface area contributed by atoms with Crippen LogP contribution in [0.5, 0.6) is 0 Å². The molecule has 0 fully saturated rings. The summed E-state index contributed by atoms with van der Waals surface area (Å²) in [5.74, 6) is 0.547. The van der Waals surface area contributed by atoms with Gasteiger partial charge in [0.1, 0.15) is 0 Å². The number of pyridine rings is 2. The number of aliphatic hydroxyl groups excluding tert-OH is 1. The molecule has 0 aliphatic carbocycles. The van der Waals surface area contributed by atoms with Crippen LogP contribution in [0, 0.1) is 18.0 Å². The summed E-state index contributed by atoms with van der Waals surface area (Å²) >= 11 is 0.